The van der Waals surface area contributed by atoms with Crippen molar-refractivity contribution in [1.29, 1.82) is 0 Å². The number of benzene rings is 2. The second-order valence-electron chi connectivity index (χ2n) is 12.5. The van der Waals surface area contributed by atoms with Gasteiger partial charge in [-0.25, -0.2) is 8.78 Å². The highest BCUT2D eigenvalue weighted by atomic mass is 19.2. The topological polar surface area (TPSA) is 143 Å². The van der Waals surface area contributed by atoms with Gasteiger partial charge in [0.15, 0.2) is 23.2 Å². The summed E-state index contributed by atoms with van der Waals surface area (Å²) in [5.74, 6) is -13.9. The minimum absolute atomic E-state index is 0.0200. The maximum Gasteiger partial charge on any atom is 0.313 e. The van der Waals surface area contributed by atoms with Gasteiger partial charge in [0, 0.05) is 24.2 Å². The highest BCUT2D eigenvalue weighted by Gasteiger charge is 2.34. The molecule has 0 bridgehead atoms. The highest BCUT2D eigenvalue weighted by molar-refractivity contribution is 6.40. The third-order valence-corrected chi connectivity index (χ3v) is 7.34. The van der Waals surface area contributed by atoms with Gasteiger partial charge in [0.1, 0.15) is 12.6 Å². The van der Waals surface area contributed by atoms with Crippen LogP contribution in [0.15, 0.2) is 30.3 Å². The fourth-order valence-corrected chi connectivity index (χ4v) is 4.97. The van der Waals surface area contributed by atoms with Crippen LogP contribution in [0, 0.1) is 35.1 Å². The van der Waals surface area contributed by atoms with E-state index in [0.29, 0.717) is 18.7 Å². The average molecular weight is 651 g/mol. The molecule has 1 fully saturated rings. The Labute approximate surface area is 264 Å². The number of halogens is 4. The van der Waals surface area contributed by atoms with Crippen molar-refractivity contribution in [3.63, 3.8) is 0 Å². The van der Waals surface area contributed by atoms with E-state index >= 15 is 0 Å². The van der Waals surface area contributed by atoms with Gasteiger partial charge in [-0.1, -0.05) is 52.8 Å². The Morgan fingerprint density at radius 1 is 0.957 bits per heavy atom. The van der Waals surface area contributed by atoms with Crippen LogP contribution < -0.4 is 26.0 Å². The van der Waals surface area contributed by atoms with E-state index < -0.39 is 83.0 Å². The maximum absolute atomic E-state index is 14.1. The van der Waals surface area contributed by atoms with Gasteiger partial charge in [-0.2, -0.15) is 8.78 Å². The molecule has 0 unspecified atom stereocenters. The molecule has 10 nitrogen and oxygen atoms in total. The zero-order chi connectivity index (χ0) is 34.3. The first-order chi connectivity index (χ1) is 21.5. The summed E-state index contributed by atoms with van der Waals surface area (Å²) in [6.07, 6.45) is 0.123. The van der Waals surface area contributed by atoms with Gasteiger partial charge in [0.2, 0.25) is 23.4 Å². The molecule has 1 aliphatic rings. The molecule has 250 valence electrons. The van der Waals surface area contributed by atoms with Crippen molar-refractivity contribution in [3.8, 4) is 5.75 Å². The van der Waals surface area contributed by atoms with Crippen molar-refractivity contribution in [2.24, 2.45) is 11.8 Å². The number of ketones is 1. The summed E-state index contributed by atoms with van der Waals surface area (Å²) in [6, 6.07) is 4.13. The van der Waals surface area contributed by atoms with Crippen molar-refractivity contribution in [2.75, 3.05) is 18.5 Å². The summed E-state index contributed by atoms with van der Waals surface area (Å²) in [7, 11) is 0. The summed E-state index contributed by atoms with van der Waals surface area (Å²) in [5, 5.41) is 10.00. The highest BCUT2D eigenvalue weighted by Crippen LogP contribution is 2.29. The molecule has 0 aromatic heterocycles. The molecule has 0 saturated carbocycles. The van der Waals surface area contributed by atoms with Crippen LogP contribution >= 0.6 is 0 Å². The predicted molar refractivity (Wildman–Crippen MR) is 160 cm³/mol. The molecule has 1 saturated heterocycles. The molecular formula is C32H38F4N4O6. The van der Waals surface area contributed by atoms with Crippen molar-refractivity contribution in [1.82, 2.24) is 16.0 Å². The largest absolute Gasteiger partial charge is 0.479 e. The van der Waals surface area contributed by atoms with E-state index in [1.54, 1.807) is 32.0 Å². The molecule has 2 aromatic rings. The molecule has 4 N–H and O–H groups in total. The molecular weight excluding hydrogens is 612 g/mol. The van der Waals surface area contributed by atoms with E-state index in [4.69, 9.17) is 4.74 Å². The van der Waals surface area contributed by atoms with Gasteiger partial charge in [-0.15, -0.1) is 0 Å². The number of nitrogens with one attached hydrogen (secondary N) is 4. The SMILES string of the molecule is CC(C)C[C@H](NC(=O)C(=O)Nc1ccccc1C(C)(C)C)C(=O)N[C@@H](C[C@@H]1CCNC1=O)C(=O)COc1c(F)c(F)cc(F)c1F. The van der Waals surface area contributed by atoms with Crippen LogP contribution in [0.5, 0.6) is 5.75 Å². The Bertz CT molecular complexity index is 1470. The van der Waals surface area contributed by atoms with Crippen molar-refractivity contribution in [2.45, 2.75) is 71.4 Å². The summed E-state index contributed by atoms with van der Waals surface area (Å²) in [4.78, 5) is 64.7. The standard InChI is InChI=1S/C32H38F4N4O6/c1-16(2)12-23(40-31(45)30(44)38-21-9-7-6-8-18(21)32(3,4)5)29(43)39-22(13-17-10-11-37-28(17)42)24(41)15-46-27-25(35)19(33)14-20(34)26(27)36/h6-9,14,16-17,22-23H,10-13,15H2,1-5H3,(H,37,42)(H,38,44)(H,39,43)(H,40,45)/t17-,22-,23-/m0/s1. The third kappa shape index (κ3) is 9.27. The molecule has 0 spiro atoms. The van der Waals surface area contributed by atoms with Crippen LogP contribution in [-0.2, 0) is 29.4 Å². The summed E-state index contributed by atoms with van der Waals surface area (Å²) in [5.41, 5.74) is 0.821. The quantitative estimate of drug-likeness (QED) is 0.157. The number of anilines is 1. The normalized spacial score (nSPS) is 16.0. The Morgan fingerprint density at radius 2 is 1.59 bits per heavy atom. The van der Waals surface area contributed by atoms with E-state index in [1.807, 2.05) is 26.8 Å². The minimum atomic E-state index is -1.86. The molecule has 4 amide bonds. The van der Waals surface area contributed by atoms with Crippen LogP contribution in [0.1, 0.15) is 59.4 Å². The number of hydrogen-bond donors (Lipinski definition) is 4. The van der Waals surface area contributed by atoms with Crippen LogP contribution in [-0.4, -0.2) is 54.6 Å². The molecule has 1 heterocycles. The second kappa shape index (κ2) is 15.2. The Morgan fingerprint density at radius 3 is 2.15 bits per heavy atom. The van der Waals surface area contributed by atoms with Crippen molar-refractivity contribution in [3.05, 3.63) is 59.2 Å². The molecule has 3 atom stereocenters. The van der Waals surface area contributed by atoms with E-state index in [2.05, 4.69) is 21.3 Å². The van der Waals surface area contributed by atoms with Crippen molar-refractivity contribution < 1.29 is 46.3 Å². The number of Topliss-reactive ketones (excluding diaryl/α,β-unsaturated/α-hetero) is 1. The number of para-hydroxylation sites is 1. The summed E-state index contributed by atoms with van der Waals surface area (Å²) in [6.45, 7) is 8.51. The number of carbonyl (C=O) groups excluding carboxylic acids is 5. The minimum Gasteiger partial charge on any atom is -0.479 e. The monoisotopic (exact) mass is 650 g/mol. The second-order valence-corrected chi connectivity index (χ2v) is 12.5. The first-order valence-corrected chi connectivity index (χ1v) is 14.8. The van der Waals surface area contributed by atoms with E-state index in [-0.39, 0.29) is 30.2 Å². The van der Waals surface area contributed by atoms with Gasteiger partial charge < -0.3 is 26.0 Å². The fourth-order valence-electron chi connectivity index (χ4n) is 4.97. The Hall–Kier alpha value is -4.49. The summed E-state index contributed by atoms with van der Waals surface area (Å²) < 4.78 is 60.3. The number of rotatable bonds is 12. The van der Waals surface area contributed by atoms with Gasteiger partial charge in [0.05, 0.1) is 6.04 Å². The Balaban J connectivity index is 1.78. The smallest absolute Gasteiger partial charge is 0.313 e. The Kier molecular flexibility index (Phi) is 11.9. The fraction of sp³-hybridized carbons (Fsp3) is 0.469. The average Bonchev–Trinajstić information content (AvgIpc) is 3.38. The number of amides is 4. The lowest BCUT2D eigenvalue weighted by Crippen LogP contribution is -2.54. The van der Waals surface area contributed by atoms with Gasteiger partial charge in [0.25, 0.3) is 0 Å². The number of carbonyl (C=O) groups is 5. The zero-order valence-corrected chi connectivity index (χ0v) is 26.2. The molecule has 0 radical (unpaired) electrons. The lowest BCUT2D eigenvalue weighted by Gasteiger charge is -2.25. The lowest BCUT2D eigenvalue weighted by atomic mass is 9.86. The summed E-state index contributed by atoms with van der Waals surface area (Å²) >= 11 is 0. The first-order valence-electron chi connectivity index (χ1n) is 14.8. The molecule has 46 heavy (non-hydrogen) atoms. The van der Waals surface area contributed by atoms with Crippen LogP contribution in [0.3, 0.4) is 0 Å². The molecule has 2 aromatic carbocycles. The maximum atomic E-state index is 14.1. The number of hydrogen-bond acceptors (Lipinski definition) is 6. The molecule has 14 heteroatoms. The van der Waals surface area contributed by atoms with E-state index in [1.165, 1.54) is 0 Å². The van der Waals surface area contributed by atoms with Crippen molar-refractivity contribution >= 4 is 35.1 Å². The van der Waals surface area contributed by atoms with E-state index in [9.17, 15) is 41.5 Å². The first kappa shape index (κ1) is 36.0. The van der Waals surface area contributed by atoms with Gasteiger partial charge in [-0.3, -0.25) is 24.0 Å². The van der Waals surface area contributed by atoms with Gasteiger partial charge >= 0.3 is 11.8 Å². The van der Waals surface area contributed by atoms with Crippen LogP contribution in [0.4, 0.5) is 23.2 Å². The third-order valence-electron chi connectivity index (χ3n) is 7.34. The van der Waals surface area contributed by atoms with E-state index in [0.717, 1.165) is 5.56 Å². The van der Waals surface area contributed by atoms with Crippen LogP contribution in [0.2, 0.25) is 0 Å². The number of ether oxygens (including phenoxy) is 1. The zero-order valence-electron chi connectivity index (χ0n) is 26.2. The molecule has 1 aliphatic heterocycles. The van der Waals surface area contributed by atoms with Crippen LogP contribution in [0.25, 0.3) is 0 Å². The van der Waals surface area contributed by atoms with Gasteiger partial charge in [-0.05, 0) is 42.2 Å². The lowest BCUT2D eigenvalue weighted by molar-refractivity contribution is -0.138. The predicted octanol–water partition coefficient (Wildman–Crippen LogP) is 3.67. The molecule has 0 aliphatic carbocycles. The molecule has 3 rings (SSSR count).